The maximum atomic E-state index is 13.7. The molecular formula is C21H22FN3O5S. The van der Waals surface area contributed by atoms with E-state index in [0.29, 0.717) is 12.2 Å². The molecule has 0 aliphatic rings. The number of halogens is 1. The van der Waals surface area contributed by atoms with Gasteiger partial charge in [-0.1, -0.05) is 18.1 Å². The second-order valence-electron chi connectivity index (χ2n) is 6.89. The summed E-state index contributed by atoms with van der Waals surface area (Å²) in [6.07, 6.45) is 0.790. The van der Waals surface area contributed by atoms with Crippen molar-refractivity contribution in [3.05, 3.63) is 71.1 Å². The van der Waals surface area contributed by atoms with E-state index in [1.807, 2.05) is 6.92 Å². The quantitative estimate of drug-likeness (QED) is 0.515. The Bertz CT molecular complexity index is 1180. The number of rotatable bonds is 8. The second-order valence-corrected chi connectivity index (χ2v) is 8.54. The highest BCUT2D eigenvalue weighted by atomic mass is 32.2. The van der Waals surface area contributed by atoms with Gasteiger partial charge in [0.15, 0.2) is 11.9 Å². The van der Waals surface area contributed by atoms with Gasteiger partial charge < -0.3 is 9.26 Å². The molecule has 2 aromatic carbocycles. The number of esters is 1. The first-order valence-corrected chi connectivity index (χ1v) is 11.1. The summed E-state index contributed by atoms with van der Waals surface area (Å²) >= 11 is 0. The number of sulfonamides is 1. The fourth-order valence-electron chi connectivity index (χ4n) is 2.80. The number of anilines is 1. The van der Waals surface area contributed by atoms with E-state index < -0.39 is 27.9 Å². The van der Waals surface area contributed by atoms with Gasteiger partial charge in [0.05, 0.1) is 10.5 Å². The van der Waals surface area contributed by atoms with Crippen LogP contribution in [-0.2, 0) is 21.2 Å². The minimum Gasteiger partial charge on any atom is -0.449 e. The van der Waals surface area contributed by atoms with E-state index in [-0.39, 0.29) is 27.6 Å². The van der Waals surface area contributed by atoms with Crippen molar-refractivity contribution in [2.24, 2.45) is 0 Å². The van der Waals surface area contributed by atoms with Crippen LogP contribution < -0.4 is 4.72 Å². The average molecular weight is 447 g/mol. The summed E-state index contributed by atoms with van der Waals surface area (Å²) in [6, 6.07) is 9.50. The van der Waals surface area contributed by atoms with Crippen molar-refractivity contribution in [2.75, 3.05) is 4.72 Å². The van der Waals surface area contributed by atoms with Gasteiger partial charge in [0, 0.05) is 17.7 Å². The number of carbonyl (C=O) groups is 1. The van der Waals surface area contributed by atoms with Gasteiger partial charge in [0.25, 0.3) is 15.9 Å². The van der Waals surface area contributed by atoms with Crippen LogP contribution in [0, 0.1) is 12.7 Å². The van der Waals surface area contributed by atoms with Crippen LogP contribution in [0.5, 0.6) is 0 Å². The van der Waals surface area contributed by atoms with Crippen molar-refractivity contribution >= 4 is 21.7 Å². The van der Waals surface area contributed by atoms with E-state index >= 15 is 0 Å². The van der Waals surface area contributed by atoms with E-state index in [1.165, 1.54) is 49.4 Å². The normalized spacial score (nSPS) is 12.4. The topological polar surface area (TPSA) is 111 Å². The highest BCUT2D eigenvalue weighted by molar-refractivity contribution is 7.92. The summed E-state index contributed by atoms with van der Waals surface area (Å²) in [6.45, 7) is 4.99. The Hall–Kier alpha value is -3.27. The molecule has 1 aromatic heterocycles. The molecule has 1 atom stereocenters. The van der Waals surface area contributed by atoms with Crippen LogP contribution in [0.15, 0.2) is 51.9 Å². The van der Waals surface area contributed by atoms with E-state index in [1.54, 1.807) is 6.92 Å². The third-order valence-corrected chi connectivity index (χ3v) is 6.00. The molecule has 0 aliphatic heterocycles. The van der Waals surface area contributed by atoms with Gasteiger partial charge in [-0.3, -0.25) is 4.72 Å². The van der Waals surface area contributed by atoms with E-state index in [0.717, 1.165) is 6.42 Å². The van der Waals surface area contributed by atoms with Gasteiger partial charge in [-0.25, -0.2) is 17.6 Å². The van der Waals surface area contributed by atoms with Crippen LogP contribution in [0.25, 0.3) is 0 Å². The van der Waals surface area contributed by atoms with Crippen LogP contribution in [0.4, 0.5) is 10.1 Å². The van der Waals surface area contributed by atoms with E-state index in [4.69, 9.17) is 9.26 Å². The van der Waals surface area contributed by atoms with Crippen LogP contribution >= 0.6 is 0 Å². The number of nitrogens with zero attached hydrogens (tertiary/aromatic N) is 2. The standard InChI is InChI=1S/C21H22FN3O5S/c1-4-6-19-23-20(30-24-19)14(3)29-21(26)15-9-11-16(12-10-15)25-31(27,28)18-8-5-7-17(22)13(18)2/h5,7-12,14,25H,4,6H2,1-3H3. The molecule has 10 heteroatoms. The molecule has 0 saturated heterocycles. The average Bonchev–Trinajstić information content (AvgIpc) is 3.19. The Balaban J connectivity index is 1.67. The Morgan fingerprint density at radius 3 is 2.61 bits per heavy atom. The molecule has 3 aromatic rings. The van der Waals surface area contributed by atoms with Gasteiger partial charge in [-0.15, -0.1) is 0 Å². The van der Waals surface area contributed by atoms with Crippen LogP contribution in [-0.4, -0.2) is 24.5 Å². The zero-order chi connectivity index (χ0) is 22.6. The highest BCUT2D eigenvalue weighted by Gasteiger charge is 2.21. The Morgan fingerprint density at radius 1 is 1.23 bits per heavy atom. The van der Waals surface area contributed by atoms with Crippen molar-refractivity contribution in [2.45, 2.75) is 44.6 Å². The van der Waals surface area contributed by atoms with Gasteiger partial charge in [-0.05, 0) is 56.7 Å². The van der Waals surface area contributed by atoms with E-state index in [2.05, 4.69) is 14.9 Å². The maximum Gasteiger partial charge on any atom is 0.338 e. The smallest absolute Gasteiger partial charge is 0.338 e. The lowest BCUT2D eigenvalue weighted by atomic mass is 10.2. The number of ether oxygens (including phenoxy) is 1. The lowest BCUT2D eigenvalue weighted by Gasteiger charge is -2.12. The van der Waals surface area contributed by atoms with Crippen molar-refractivity contribution in [1.82, 2.24) is 10.1 Å². The van der Waals surface area contributed by atoms with Gasteiger partial charge in [0.2, 0.25) is 0 Å². The largest absolute Gasteiger partial charge is 0.449 e. The van der Waals surface area contributed by atoms with Crippen LogP contribution in [0.2, 0.25) is 0 Å². The first kappa shape index (κ1) is 22.4. The van der Waals surface area contributed by atoms with Crippen molar-refractivity contribution < 1.29 is 26.9 Å². The Labute approximate surface area is 179 Å². The first-order valence-electron chi connectivity index (χ1n) is 9.62. The molecule has 1 heterocycles. The van der Waals surface area contributed by atoms with Crippen LogP contribution in [0.3, 0.4) is 0 Å². The molecule has 164 valence electrons. The maximum absolute atomic E-state index is 13.7. The Morgan fingerprint density at radius 2 is 1.94 bits per heavy atom. The predicted molar refractivity (Wildman–Crippen MR) is 111 cm³/mol. The van der Waals surface area contributed by atoms with Crippen molar-refractivity contribution in [3.63, 3.8) is 0 Å². The van der Waals surface area contributed by atoms with Crippen molar-refractivity contribution in [3.8, 4) is 0 Å². The molecule has 3 rings (SSSR count). The molecule has 0 aliphatic carbocycles. The highest BCUT2D eigenvalue weighted by Crippen LogP contribution is 2.22. The third kappa shape index (κ3) is 5.26. The predicted octanol–water partition coefficient (Wildman–Crippen LogP) is 4.19. The first-order chi connectivity index (χ1) is 14.7. The van der Waals surface area contributed by atoms with E-state index in [9.17, 15) is 17.6 Å². The zero-order valence-corrected chi connectivity index (χ0v) is 18.1. The third-order valence-electron chi connectivity index (χ3n) is 4.47. The number of aryl methyl sites for hydroxylation is 1. The Kier molecular flexibility index (Phi) is 6.69. The van der Waals surface area contributed by atoms with Crippen molar-refractivity contribution in [1.29, 1.82) is 0 Å². The molecule has 31 heavy (non-hydrogen) atoms. The van der Waals surface area contributed by atoms with Gasteiger partial charge in [-0.2, -0.15) is 4.98 Å². The second kappa shape index (κ2) is 9.25. The number of aromatic nitrogens is 2. The SMILES string of the molecule is CCCc1noc(C(C)OC(=O)c2ccc(NS(=O)(=O)c3cccc(F)c3C)cc2)n1. The minimum atomic E-state index is -3.99. The summed E-state index contributed by atoms with van der Waals surface area (Å²) in [5, 5.41) is 3.82. The fraction of sp³-hybridized carbons (Fsp3) is 0.286. The molecule has 0 saturated carbocycles. The summed E-state index contributed by atoms with van der Waals surface area (Å²) in [5.41, 5.74) is 0.451. The number of nitrogens with one attached hydrogen (secondary N) is 1. The monoisotopic (exact) mass is 447 g/mol. The molecule has 8 nitrogen and oxygen atoms in total. The molecule has 1 N–H and O–H groups in total. The molecule has 0 spiro atoms. The fourth-order valence-corrected chi connectivity index (χ4v) is 4.11. The lowest BCUT2D eigenvalue weighted by Crippen LogP contribution is -2.15. The number of hydrogen-bond acceptors (Lipinski definition) is 7. The molecule has 1 unspecified atom stereocenters. The molecule has 0 amide bonds. The molecule has 0 radical (unpaired) electrons. The summed E-state index contributed by atoms with van der Waals surface area (Å²) < 4.78 is 51.6. The minimum absolute atomic E-state index is 0.0207. The van der Waals surface area contributed by atoms with Gasteiger partial charge in [0.1, 0.15) is 5.82 Å². The van der Waals surface area contributed by atoms with Gasteiger partial charge >= 0.3 is 5.97 Å². The number of hydrogen-bond donors (Lipinski definition) is 1. The summed E-state index contributed by atoms with van der Waals surface area (Å²) in [7, 11) is -3.99. The molecular weight excluding hydrogens is 425 g/mol. The summed E-state index contributed by atoms with van der Waals surface area (Å²) in [4.78, 5) is 16.4. The summed E-state index contributed by atoms with van der Waals surface area (Å²) in [5.74, 6) is -0.492. The number of carbonyl (C=O) groups excluding carboxylic acids is 1. The van der Waals surface area contributed by atoms with Crippen LogP contribution in [0.1, 0.15) is 54.0 Å². The number of benzene rings is 2. The molecule has 0 bridgehead atoms. The molecule has 0 fully saturated rings. The lowest BCUT2D eigenvalue weighted by molar-refractivity contribution is 0.0265. The zero-order valence-electron chi connectivity index (χ0n) is 17.3.